The molecule has 0 amide bonds. The molecule has 0 aliphatic carbocycles. The predicted molar refractivity (Wildman–Crippen MR) is 98.5 cm³/mol. The van der Waals surface area contributed by atoms with Crippen molar-refractivity contribution in [3.8, 4) is 5.69 Å². The molecule has 0 atom stereocenters. The fourth-order valence-corrected chi connectivity index (χ4v) is 3.42. The predicted octanol–water partition coefficient (Wildman–Crippen LogP) is 3.14. The van der Waals surface area contributed by atoms with E-state index < -0.39 is 0 Å². The Bertz CT molecular complexity index is 919. The third-order valence-corrected chi connectivity index (χ3v) is 4.78. The number of benzene rings is 1. The van der Waals surface area contributed by atoms with Crippen molar-refractivity contribution >= 4 is 17.4 Å². The van der Waals surface area contributed by atoms with E-state index in [1.165, 1.54) is 12.8 Å². The number of aromatic nitrogens is 4. The summed E-state index contributed by atoms with van der Waals surface area (Å²) in [4.78, 5) is 19.5. The van der Waals surface area contributed by atoms with Crippen LogP contribution in [0, 0.1) is 0 Å². The van der Waals surface area contributed by atoms with Crippen LogP contribution >= 0.6 is 11.6 Å². The van der Waals surface area contributed by atoms with Gasteiger partial charge in [-0.15, -0.1) is 10.2 Å². The quantitative estimate of drug-likeness (QED) is 0.648. The summed E-state index contributed by atoms with van der Waals surface area (Å²) in [5.74, 6) is 0.633. The number of ketones is 1. The number of pyridine rings is 1. The van der Waals surface area contributed by atoms with E-state index in [0.717, 1.165) is 18.9 Å². The van der Waals surface area contributed by atoms with Crippen LogP contribution < -0.4 is 0 Å². The van der Waals surface area contributed by atoms with E-state index in [-0.39, 0.29) is 5.78 Å². The van der Waals surface area contributed by atoms with E-state index in [9.17, 15) is 4.79 Å². The molecule has 6 nitrogen and oxygen atoms in total. The monoisotopic (exact) mass is 367 g/mol. The molecule has 0 N–H and O–H groups in total. The van der Waals surface area contributed by atoms with Crippen molar-refractivity contribution in [2.45, 2.75) is 19.4 Å². The van der Waals surface area contributed by atoms with Gasteiger partial charge in [-0.05, 0) is 56.3 Å². The Labute approximate surface area is 156 Å². The van der Waals surface area contributed by atoms with E-state index >= 15 is 0 Å². The van der Waals surface area contributed by atoms with Crippen molar-refractivity contribution in [3.63, 3.8) is 0 Å². The van der Waals surface area contributed by atoms with Crippen molar-refractivity contribution in [1.82, 2.24) is 24.6 Å². The second-order valence-corrected chi connectivity index (χ2v) is 6.74. The SMILES string of the molecule is O=C(c1ccccn1)c1cc(Cl)ccc1-n1cnnc1CN1CCCC1. The Morgan fingerprint density at radius 1 is 1.15 bits per heavy atom. The second-order valence-electron chi connectivity index (χ2n) is 6.31. The summed E-state index contributed by atoms with van der Waals surface area (Å²) in [7, 11) is 0. The minimum Gasteiger partial charge on any atom is -0.296 e. The lowest BCUT2D eigenvalue weighted by molar-refractivity contribution is 0.103. The van der Waals surface area contributed by atoms with Gasteiger partial charge >= 0.3 is 0 Å². The molecular formula is C19H18ClN5O. The summed E-state index contributed by atoms with van der Waals surface area (Å²) < 4.78 is 1.87. The molecule has 4 rings (SSSR count). The maximum absolute atomic E-state index is 13.0. The zero-order valence-corrected chi connectivity index (χ0v) is 14.9. The lowest BCUT2D eigenvalue weighted by Gasteiger charge is -2.16. The van der Waals surface area contributed by atoms with Crippen LogP contribution in [0.1, 0.15) is 34.7 Å². The average molecular weight is 368 g/mol. The first-order valence-electron chi connectivity index (χ1n) is 8.59. The Hall–Kier alpha value is -2.57. The molecule has 1 aromatic carbocycles. The van der Waals surface area contributed by atoms with Gasteiger partial charge < -0.3 is 0 Å². The minimum atomic E-state index is -0.177. The highest BCUT2D eigenvalue weighted by Crippen LogP contribution is 2.24. The molecule has 1 saturated heterocycles. The molecule has 1 aliphatic heterocycles. The van der Waals surface area contributed by atoms with E-state index in [4.69, 9.17) is 11.6 Å². The van der Waals surface area contributed by atoms with Crippen LogP contribution in [0.25, 0.3) is 5.69 Å². The van der Waals surface area contributed by atoms with Gasteiger partial charge in [0, 0.05) is 16.8 Å². The third-order valence-electron chi connectivity index (χ3n) is 4.54. The maximum atomic E-state index is 13.0. The van der Waals surface area contributed by atoms with Gasteiger partial charge in [0.2, 0.25) is 5.78 Å². The molecule has 1 fully saturated rings. The first-order valence-corrected chi connectivity index (χ1v) is 8.97. The zero-order chi connectivity index (χ0) is 17.9. The molecule has 1 aliphatic rings. The minimum absolute atomic E-state index is 0.177. The lowest BCUT2D eigenvalue weighted by atomic mass is 10.1. The van der Waals surface area contributed by atoms with Crippen molar-refractivity contribution in [2.24, 2.45) is 0 Å². The number of carbonyl (C=O) groups excluding carboxylic acids is 1. The van der Waals surface area contributed by atoms with Gasteiger partial charge in [-0.25, -0.2) is 0 Å². The van der Waals surface area contributed by atoms with Crippen LogP contribution in [0.4, 0.5) is 0 Å². The van der Waals surface area contributed by atoms with Gasteiger partial charge in [0.25, 0.3) is 0 Å². The number of hydrogen-bond donors (Lipinski definition) is 0. The normalized spacial score (nSPS) is 14.7. The number of nitrogens with zero attached hydrogens (tertiary/aromatic N) is 5. The van der Waals surface area contributed by atoms with Gasteiger partial charge in [0.05, 0.1) is 12.2 Å². The van der Waals surface area contributed by atoms with Gasteiger partial charge in [0.15, 0.2) is 5.82 Å². The van der Waals surface area contributed by atoms with Crippen LogP contribution in [0.5, 0.6) is 0 Å². The number of hydrogen-bond acceptors (Lipinski definition) is 5. The highest BCUT2D eigenvalue weighted by molar-refractivity contribution is 6.31. The Morgan fingerprint density at radius 2 is 2.00 bits per heavy atom. The van der Waals surface area contributed by atoms with E-state index in [2.05, 4.69) is 20.1 Å². The van der Waals surface area contributed by atoms with Gasteiger partial charge in [-0.1, -0.05) is 17.7 Å². The fourth-order valence-electron chi connectivity index (χ4n) is 3.24. The summed E-state index contributed by atoms with van der Waals surface area (Å²) in [5, 5.41) is 8.83. The molecule has 0 unspecified atom stereocenters. The molecular weight excluding hydrogens is 350 g/mol. The van der Waals surface area contributed by atoms with Crippen LogP contribution in [-0.4, -0.2) is 43.5 Å². The Balaban J connectivity index is 1.74. The molecule has 132 valence electrons. The molecule has 0 spiro atoms. The van der Waals surface area contributed by atoms with E-state index in [1.807, 2.05) is 10.6 Å². The van der Waals surface area contributed by atoms with Crippen LogP contribution in [-0.2, 0) is 6.54 Å². The molecule has 7 heteroatoms. The molecule has 3 aromatic rings. The van der Waals surface area contributed by atoms with Crippen molar-refractivity contribution < 1.29 is 4.79 Å². The molecule has 0 bridgehead atoms. The Kier molecular flexibility index (Phi) is 4.77. The number of halogens is 1. The van der Waals surface area contributed by atoms with Crippen molar-refractivity contribution in [3.05, 3.63) is 71.0 Å². The van der Waals surface area contributed by atoms with Crippen molar-refractivity contribution in [1.29, 1.82) is 0 Å². The second kappa shape index (κ2) is 7.35. The Morgan fingerprint density at radius 3 is 2.77 bits per heavy atom. The standard InChI is InChI=1S/C19H18ClN5O/c20-14-6-7-17(15(11-14)19(26)16-5-1-2-8-21-16)25-13-22-23-18(25)12-24-9-3-4-10-24/h1-2,5-8,11,13H,3-4,9-10,12H2. The highest BCUT2D eigenvalue weighted by Gasteiger charge is 2.20. The smallest absolute Gasteiger partial charge is 0.213 e. The topological polar surface area (TPSA) is 63.9 Å². The lowest BCUT2D eigenvalue weighted by Crippen LogP contribution is -2.21. The largest absolute Gasteiger partial charge is 0.296 e. The zero-order valence-electron chi connectivity index (χ0n) is 14.2. The van der Waals surface area contributed by atoms with Gasteiger partial charge in [-0.3, -0.25) is 19.2 Å². The van der Waals surface area contributed by atoms with Crippen LogP contribution in [0.3, 0.4) is 0 Å². The fraction of sp³-hybridized carbons (Fsp3) is 0.263. The molecule has 0 saturated carbocycles. The van der Waals surface area contributed by atoms with Crippen LogP contribution in [0.2, 0.25) is 5.02 Å². The molecule has 0 radical (unpaired) electrons. The van der Waals surface area contributed by atoms with E-state index in [1.54, 1.807) is 42.9 Å². The van der Waals surface area contributed by atoms with Gasteiger partial charge in [0.1, 0.15) is 12.0 Å². The molecule has 3 heterocycles. The first-order chi connectivity index (χ1) is 12.7. The summed E-state index contributed by atoms with van der Waals surface area (Å²) in [6, 6.07) is 10.5. The number of likely N-dealkylation sites (tertiary alicyclic amines) is 1. The maximum Gasteiger partial charge on any atom is 0.213 e. The summed E-state index contributed by atoms with van der Waals surface area (Å²) in [5.41, 5.74) is 1.58. The summed E-state index contributed by atoms with van der Waals surface area (Å²) >= 11 is 6.17. The third kappa shape index (κ3) is 3.38. The van der Waals surface area contributed by atoms with E-state index in [0.29, 0.717) is 28.5 Å². The van der Waals surface area contributed by atoms with Crippen LogP contribution in [0.15, 0.2) is 48.9 Å². The molecule has 26 heavy (non-hydrogen) atoms. The highest BCUT2D eigenvalue weighted by atomic mass is 35.5. The number of rotatable bonds is 5. The molecule has 2 aromatic heterocycles. The summed E-state index contributed by atoms with van der Waals surface area (Å²) in [6.45, 7) is 2.83. The number of carbonyl (C=O) groups is 1. The average Bonchev–Trinajstić information content (AvgIpc) is 3.34. The first kappa shape index (κ1) is 16.9. The van der Waals surface area contributed by atoms with Gasteiger partial charge in [-0.2, -0.15) is 0 Å². The van der Waals surface area contributed by atoms with Crippen molar-refractivity contribution in [2.75, 3.05) is 13.1 Å². The summed E-state index contributed by atoms with van der Waals surface area (Å²) in [6.07, 6.45) is 5.66.